The average Bonchev–Trinajstić information content (AvgIpc) is 3.96. The van der Waals surface area contributed by atoms with E-state index in [-0.39, 0.29) is 0 Å². The Balaban J connectivity index is 1.17. The third kappa shape index (κ3) is 7.42. The van der Waals surface area contributed by atoms with Crippen molar-refractivity contribution in [3.05, 3.63) is 251 Å². The molecule has 0 radical (unpaired) electrons. The Morgan fingerprint density at radius 3 is 1.10 bits per heavy atom. The fourth-order valence-corrected chi connectivity index (χ4v) is 10.5. The number of nitriles is 3. The lowest BCUT2D eigenvalue weighted by molar-refractivity contribution is 1.10. The fraction of sp³-hybridized carbons (Fsp3) is 0.0152. The molecule has 7 nitrogen and oxygen atoms in total. The lowest BCUT2D eigenvalue weighted by Crippen LogP contribution is -2.06. The molecule has 0 saturated heterocycles. The molecular weight excluding hydrogens is 891 g/mol. The predicted octanol–water partition coefficient (Wildman–Crippen LogP) is 17.2. The summed E-state index contributed by atoms with van der Waals surface area (Å²) >= 11 is 0. The molecule has 2 heterocycles. The zero-order valence-corrected chi connectivity index (χ0v) is 39.3. The zero-order chi connectivity index (χ0) is 49.7. The zero-order valence-electron chi connectivity index (χ0n) is 39.3. The summed E-state index contributed by atoms with van der Waals surface area (Å²) in [4.78, 5) is 7.45. The third-order valence-electron chi connectivity index (χ3n) is 14.0. The highest BCUT2D eigenvalue weighted by Gasteiger charge is 2.24. The maximum absolute atomic E-state index is 10.2. The molecule has 0 saturated carbocycles. The van der Waals surface area contributed by atoms with Gasteiger partial charge in [-0.1, -0.05) is 103 Å². The molecular formula is C66H37N7. The van der Waals surface area contributed by atoms with Crippen LogP contribution in [0, 0.1) is 54.1 Å². The van der Waals surface area contributed by atoms with Gasteiger partial charge in [0.2, 0.25) is 0 Å². The van der Waals surface area contributed by atoms with Crippen LogP contribution in [0.25, 0.3) is 120 Å². The van der Waals surface area contributed by atoms with E-state index in [2.05, 4.69) is 135 Å². The van der Waals surface area contributed by atoms with Crippen LogP contribution >= 0.6 is 0 Å². The molecule has 0 aliphatic rings. The first-order valence-electron chi connectivity index (χ1n) is 23.6. The second-order valence-electron chi connectivity index (χ2n) is 18.1. The van der Waals surface area contributed by atoms with Crippen molar-refractivity contribution in [2.24, 2.45) is 0 Å². The van der Waals surface area contributed by atoms with Crippen molar-refractivity contribution in [2.45, 2.75) is 6.92 Å². The molecule has 7 heteroatoms. The summed E-state index contributed by atoms with van der Waals surface area (Å²) in [5.74, 6) is 0. The molecule has 0 aliphatic carbocycles. The molecule has 0 bridgehead atoms. The Labute approximate surface area is 421 Å². The topological polar surface area (TPSA) is 90.0 Å². The van der Waals surface area contributed by atoms with E-state index in [1.165, 1.54) is 0 Å². The highest BCUT2D eigenvalue weighted by atomic mass is 15.0. The van der Waals surface area contributed by atoms with Crippen molar-refractivity contribution in [3.8, 4) is 85.2 Å². The van der Waals surface area contributed by atoms with Crippen molar-refractivity contribution in [2.75, 3.05) is 0 Å². The summed E-state index contributed by atoms with van der Waals surface area (Å²) in [5, 5.41) is 34.0. The van der Waals surface area contributed by atoms with Gasteiger partial charge < -0.3 is 9.13 Å². The second kappa shape index (κ2) is 17.6. The summed E-state index contributed by atoms with van der Waals surface area (Å²) in [6.07, 6.45) is 0. The van der Waals surface area contributed by atoms with Crippen molar-refractivity contribution in [1.29, 1.82) is 15.8 Å². The van der Waals surface area contributed by atoms with Gasteiger partial charge in [0.1, 0.15) is 0 Å². The van der Waals surface area contributed by atoms with Crippen molar-refractivity contribution < 1.29 is 0 Å². The van der Waals surface area contributed by atoms with Crippen LogP contribution in [0.4, 0.5) is 11.4 Å². The molecule has 0 aliphatic heterocycles. The van der Waals surface area contributed by atoms with Crippen LogP contribution in [0.15, 0.2) is 206 Å². The van der Waals surface area contributed by atoms with Crippen molar-refractivity contribution in [3.63, 3.8) is 0 Å². The summed E-state index contributed by atoms with van der Waals surface area (Å²) in [6, 6.07) is 75.8. The van der Waals surface area contributed by atoms with Gasteiger partial charge >= 0.3 is 0 Å². The van der Waals surface area contributed by atoms with Gasteiger partial charge in [-0.15, -0.1) is 0 Å². The van der Waals surface area contributed by atoms with E-state index in [1.807, 2.05) is 115 Å². The molecule has 0 N–H and O–H groups in total. The van der Waals surface area contributed by atoms with Gasteiger partial charge in [-0.3, -0.25) is 0 Å². The Morgan fingerprint density at radius 1 is 0.356 bits per heavy atom. The van der Waals surface area contributed by atoms with E-state index < -0.39 is 0 Å². The molecule has 0 amide bonds. The van der Waals surface area contributed by atoms with Crippen molar-refractivity contribution >= 4 is 55.0 Å². The van der Waals surface area contributed by atoms with E-state index in [9.17, 15) is 15.8 Å². The van der Waals surface area contributed by atoms with E-state index in [0.717, 1.165) is 116 Å². The number of hydrogen-bond donors (Lipinski definition) is 0. The number of benzene rings is 10. The standard InChI is InChI=1S/C66H37N7/c1-41-61(72-62-24-19-49(45-12-4-9-42(29-45)38-67)34-57(62)58-36-51(20-25-63(58)72)47-14-7-17-54(32-47)70-2)28-23-56(53-16-6-11-44(31-53)40-69)66(41)73-64-26-21-50(46-13-5-10-43(30-46)39-68)35-59(64)60-37-52(22-27-65(60)73)48-15-8-18-55(33-48)71-3/h4-37H,1H3. The van der Waals surface area contributed by atoms with Crippen LogP contribution < -0.4 is 0 Å². The first kappa shape index (κ1) is 43.5. The summed E-state index contributed by atoms with van der Waals surface area (Å²) in [6.45, 7) is 17.7. The molecule has 0 atom stereocenters. The highest BCUT2D eigenvalue weighted by molar-refractivity contribution is 6.14. The summed E-state index contributed by atoms with van der Waals surface area (Å²) < 4.78 is 4.69. The maximum atomic E-state index is 10.2. The summed E-state index contributed by atoms with van der Waals surface area (Å²) in [7, 11) is 0. The summed E-state index contributed by atoms with van der Waals surface area (Å²) in [5.41, 5.74) is 19.2. The number of aromatic nitrogens is 2. The third-order valence-corrected chi connectivity index (χ3v) is 14.0. The Morgan fingerprint density at radius 2 is 0.699 bits per heavy atom. The van der Waals surface area contributed by atoms with Gasteiger partial charge in [0.25, 0.3) is 0 Å². The molecule has 2 aromatic heterocycles. The van der Waals surface area contributed by atoms with Gasteiger partial charge in [-0.2, -0.15) is 15.8 Å². The van der Waals surface area contributed by atoms with Crippen LogP contribution in [0.1, 0.15) is 22.3 Å². The highest BCUT2D eigenvalue weighted by Crippen LogP contribution is 2.45. The van der Waals surface area contributed by atoms with Crippen LogP contribution in [-0.4, -0.2) is 9.13 Å². The van der Waals surface area contributed by atoms with Gasteiger partial charge in [0, 0.05) is 27.1 Å². The minimum absolute atomic E-state index is 0.555. The largest absolute Gasteiger partial charge is 0.309 e. The molecule has 10 aromatic carbocycles. The molecule has 0 spiro atoms. The van der Waals surface area contributed by atoms with Gasteiger partial charge in [-0.25, -0.2) is 9.69 Å². The van der Waals surface area contributed by atoms with Gasteiger partial charge in [0.15, 0.2) is 11.4 Å². The molecule has 0 unspecified atom stereocenters. The first-order valence-corrected chi connectivity index (χ1v) is 23.6. The Bertz CT molecular complexity index is 4300. The molecule has 12 aromatic rings. The predicted molar refractivity (Wildman–Crippen MR) is 294 cm³/mol. The van der Waals surface area contributed by atoms with Gasteiger partial charge in [0.05, 0.1) is 81.5 Å². The van der Waals surface area contributed by atoms with E-state index in [0.29, 0.717) is 28.1 Å². The van der Waals surface area contributed by atoms with E-state index >= 15 is 0 Å². The fourth-order valence-electron chi connectivity index (χ4n) is 10.5. The number of hydrogen-bond acceptors (Lipinski definition) is 3. The van der Waals surface area contributed by atoms with E-state index in [4.69, 9.17) is 13.1 Å². The lowest BCUT2D eigenvalue weighted by Gasteiger charge is -2.21. The number of nitrogens with zero attached hydrogens (tertiary/aromatic N) is 7. The smallest absolute Gasteiger partial charge is 0.187 e. The quantitative estimate of drug-likeness (QED) is 0.149. The molecule has 73 heavy (non-hydrogen) atoms. The van der Waals surface area contributed by atoms with Crippen LogP contribution in [0.5, 0.6) is 0 Å². The minimum atomic E-state index is 0.555. The van der Waals surface area contributed by atoms with E-state index in [1.54, 1.807) is 0 Å². The lowest BCUT2D eigenvalue weighted by atomic mass is 9.97. The SMILES string of the molecule is [C-]#[N+]c1cccc(-c2ccc3c(c2)c2cc(-c4cccc(C#N)c4)ccc2n3-c2ccc(-c3cccc(C#N)c3)c(-n3c4ccc(-c5cccc(C#N)c5)cc4c4cc(-c5cccc([N+]#[C-])c5)ccc43)c2C)c1. The molecule has 0 fully saturated rings. The van der Waals surface area contributed by atoms with Gasteiger partial charge in [-0.05, 0) is 166 Å². The number of fused-ring (bicyclic) bond motifs is 6. The second-order valence-corrected chi connectivity index (χ2v) is 18.1. The van der Waals surface area contributed by atoms with Crippen LogP contribution in [-0.2, 0) is 0 Å². The first-order chi connectivity index (χ1) is 35.8. The maximum Gasteiger partial charge on any atom is 0.187 e. The minimum Gasteiger partial charge on any atom is -0.309 e. The average molecular weight is 928 g/mol. The van der Waals surface area contributed by atoms with Crippen LogP contribution in [0.3, 0.4) is 0 Å². The molecule has 336 valence electrons. The van der Waals surface area contributed by atoms with Crippen LogP contribution in [0.2, 0.25) is 0 Å². The molecule has 12 rings (SSSR count). The Hall–Kier alpha value is -10.8. The Kier molecular flexibility index (Phi) is 10.5. The van der Waals surface area contributed by atoms with Crippen molar-refractivity contribution in [1.82, 2.24) is 9.13 Å². The monoisotopic (exact) mass is 927 g/mol. The normalized spacial score (nSPS) is 11.0. The number of rotatable bonds is 7.